The van der Waals surface area contributed by atoms with E-state index < -0.39 is 0 Å². The summed E-state index contributed by atoms with van der Waals surface area (Å²) in [6.45, 7) is 5.60. The second-order valence-corrected chi connectivity index (χ2v) is 9.50. The van der Waals surface area contributed by atoms with Gasteiger partial charge in [0, 0.05) is 35.8 Å². The fourth-order valence-electron chi connectivity index (χ4n) is 3.79. The minimum absolute atomic E-state index is 0.144. The van der Waals surface area contributed by atoms with E-state index in [1.807, 2.05) is 54.8 Å². The van der Waals surface area contributed by atoms with Crippen LogP contribution in [0.15, 0.2) is 47.0 Å². The van der Waals surface area contributed by atoms with Crippen molar-refractivity contribution >= 4 is 29.3 Å². The van der Waals surface area contributed by atoms with Crippen LogP contribution in [0.3, 0.4) is 0 Å². The van der Waals surface area contributed by atoms with E-state index in [0.29, 0.717) is 34.9 Å². The number of amides is 2. The van der Waals surface area contributed by atoms with Gasteiger partial charge in [-0.3, -0.25) is 9.59 Å². The van der Waals surface area contributed by atoms with Gasteiger partial charge in [-0.05, 0) is 49.7 Å². The Labute approximate surface area is 209 Å². The van der Waals surface area contributed by atoms with E-state index in [4.69, 9.17) is 14.0 Å². The number of methoxy groups -OCH3 is 1. The van der Waals surface area contributed by atoms with Gasteiger partial charge in [0.2, 0.25) is 5.91 Å². The minimum Gasteiger partial charge on any atom is -0.493 e. The van der Waals surface area contributed by atoms with Crippen molar-refractivity contribution in [3.05, 3.63) is 70.6 Å². The number of rotatable bonds is 8. The number of aromatic nitrogens is 1. The molecule has 0 unspecified atom stereocenters. The minimum atomic E-state index is -0.268. The Morgan fingerprint density at radius 1 is 1.09 bits per heavy atom. The van der Waals surface area contributed by atoms with Crippen molar-refractivity contribution in [3.8, 4) is 11.5 Å². The first kappa shape index (κ1) is 24.7. The molecule has 9 heteroatoms. The molecule has 0 saturated carbocycles. The van der Waals surface area contributed by atoms with Crippen molar-refractivity contribution in [1.82, 2.24) is 10.1 Å². The zero-order chi connectivity index (χ0) is 24.8. The maximum Gasteiger partial charge on any atom is 0.255 e. The summed E-state index contributed by atoms with van der Waals surface area (Å²) in [7, 11) is 1.53. The fraction of sp³-hybridized carbons (Fsp3) is 0.346. The van der Waals surface area contributed by atoms with Gasteiger partial charge >= 0.3 is 0 Å². The number of carbonyl (C=O) groups is 2. The molecule has 1 aliphatic rings. The predicted molar refractivity (Wildman–Crippen MR) is 135 cm³/mol. The highest BCUT2D eigenvalue weighted by Crippen LogP contribution is 2.30. The van der Waals surface area contributed by atoms with E-state index in [2.05, 4.69) is 10.5 Å². The average Bonchev–Trinajstić information content (AvgIpc) is 3.21. The predicted octanol–water partition coefficient (Wildman–Crippen LogP) is 4.25. The number of nitrogens with one attached hydrogen (secondary N) is 1. The summed E-state index contributed by atoms with van der Waals surface area (Å²) in [6, 6.07) is 12.4. The van der Waals surface area contributed by atoms with Crippen LogP contribution in [0.4, 0.5) is 5.69 Å². The van der Waals surface area contributed by atoms with Crippen molar-refractivity contribution in [2.75, 3.05) is 37.0 Å². The van der Waals surface area contributed by atoms with Crippen molar-refractivity contribution in [2.24, 2.45) is 0 Å². The molecule has 0 atom stereocenters. The van der Waals surface area contributed by atoms with Gasteiger partial charge in [-0.15, -0.1) is 0 Å². The van der Waals surface area contributed by atoms with Crippen LogP contribution in [0.5, 0.6) is 11.5 Å². The lowest BCUT2D eigenvalue weighted by Gasteiger charge is -2.26. The Morgan fingerprint density at radius 3 is 2.49 bits per heavy atom. The van der Waals surface area contributed by atoms with Gasteiger partial charge in [0.05, 0.1) is 24.8 Å². The number of thioether (sulfide) groups is 1. The molecule has 2 heterocycles. The van der Waals surface area contributed by atoms with Gasteiger partial charge in [0.1, 0.15) is 12.4 Å². The molecule has 1 aromatic heterocycles. The number of benzene rings is 2. The largest absolute Gasteiger partial charge is 0.493 e. The van der Waals surface area contributed by atoms with Crippen LogP contribution >= 0.6 is 11.8 Å². The quantitative estimate of drug-likeness (QED) is 0.499. The van der Waals surface area contributed by atoms with Crippen molar-refractivity contribution < 1.29 is 23.6 Å². The summed E-state index contributed by atoms with van der Waals surface area (Å²) in [5, 5.41) is 6.82. The molecule has 0 spiro atoms. The molecular formula is C26H29N3O5S. The normalized spacial score (nSPS) is 13.4. The Morgan fingerprint density at radius 2 is 1.83 bits per heavy atom. The highest BCUT2D eigenvalue weighted by atomic mass is 32.2. The van der Waals surface area contributed by atoms with Crippen molar-refractivity contribution in [3.63, 3.8) is 0 Å². The lowest BCUT2D eigenvalue weighted by molar-refractivity contribution is -0.130. The summed E-state index contributed by atoms with van der Waals surface area (Å²) in [5.74, 6) is 3.55. The molecule has 1 aliphatic heterocycles. The molecule has 0 aliphatic carbocycles. The highest BCUT2D eigenvalue weighted by molar-refractivity contribution is 7.99. The lowest BCUT2D eigenvalue weighted by atomic mass is 10.1. The second-order valence-electron chi connectivity index (χ2n) is 8.28. The molecule has 1 saturated heterocycles. The molecule has 1 fully saturated rings. The number of hydrogen-bond donors (Lipinski definition) is 1. The van der Waals surface area contributed by atoms with Gasteiger partial charge in [-0.1, -0.05) is 17.3 Å². The highest BCUT2D eigenvalue weighted by Gasteiger charge is 2.17. The first-order valence-electron chi connectivity index (χ1n) is 11.4. The van der Waals surface area contributed by atoms with E-state index in [9.17, 15) is 9.59 Å². The summed E-state index contributed by atoms with van der Waals surface area (Å²) >= 11 is 1.88. The zero-order valence-corrected chi connectivity index (χ0v) is 20.9. The molecule has 3 aromatic rings. The SMILES string of the molecule is COc1cc(C(=O)Nc2ccc(CC(=O)N3CCSCC3)cc2)ccc1OCc1c(C)noc1C. The molecule has 2 aromatic carbocycles. The van der Waals surface area contributed by atoms with Crippen LogP contribution in [0.25, 0.3) is 0 Å². The second kappa shape index (κ2) is 11.3. The Kier molecular flexibility index (Phi) is 7.97. The molecule has 184 valence electrons. The van der Waals surface area contributed by atoms with Crippen LogP contribution in [0.2, 0.25) is 0 Å². The van der Waals surface area contributed by atoms with E-state index in [-0.39, 0.29) is 18.4 Å². The van der Waals surface area contributed by atoms with E-state index >= 15 is 0 Å². The zero-order valence-electron chi connectivity index (χ0n) is 20.1. The van der Waals surface area contributed by atoms with Crippen LogP contribution in [-0.2, 0) is 17.8 Å². The standard InChI is InChI=1S/C26H29N3O5S/c1-17-22(18(2)34-28-17)16-33-23-9-6-20(15-24(23)32-3)26(31)27-21-7-4-19(5-8-21)14-25(30)29-10-12-35-13-11-29/h4-9,15H,10-14,16H2,1-3H3,(H,27,31). The van der Waals surface area contributed by atoms with Crippen molar-refractivity contribution in [2.45, 2.75) is 26.9 Å². The first-order valence-corrected chi connectivity index (χ1v) is 12.6. The van der Waals surface area contributed by atoms with Crippen LogP contribution in [0, 0.1) is 13.8 Å². The summed E-state index contributed by atoms with van der Waals surface area (Å²) in [4.78, 5) is 27.2. The molecular weight excluding hydrogens is 466 g/mol. The number of hydrogen-bond acceptors (Lipinski definition) is 7. The van der Waals surface area contributed by atoms with Crippen LogP contribution in [-0.4, -0.2) is 53.6 Å². The number of carbonyl (C=O) groups excluding carboxylic acids is 2. The summed E-state index contributed by atoms with van der Waals surface area (Å²) in [6.07, 6.45) is 0.367. The smallest absolute Gasteiger partial charge is 0.255 e. The molecule has 1 N–H and O–H groups in total. The topological polar surface area (TPSA) is 93.9 Å². The maximum atomic E-state index is 12.8. The Bertz CT molecular complexity index is 1170. The third kappa shape index (κ3) is 6.16. The third-order valence-corrected chi connectivity index (χ3v) is 6.85. The molecule has 0 radical (unpaired) electrons. The molecule has 8 nitrogen and oxygen atoms in total. The third-order valence-electron chi connectivity index (χ3n) is 5.91. The van der Waals surface area contributed by atoms with Gasteiger partial charge in [0.25, 0.3) is 5.91 Å². The average molecular weight is 496 g/mol. The monoisotopic (exact) mass is 495 g/mol. The van der Waals surface area contributed by atoms with Gasteiger partial charge in [-0.2, -0.15) is 11.8 Å². The Balaban J connectivity index is 1.36. The van der Waals surface area contributed by atoms with Gasteiger partial charge in [0.15, 0.2) is 11.5 Å². The van der Waals surface area contributed by atoms with Crippen molar-refractivity contribution in [1.29, 1.82) is 0 Å². The van der Waals surface area contributed by atoms with Gasteiger partial charge in [-0.25, -0.2) is 0 Å². The van der Waals surface area contributed by atoms with E-state index in [1.165, 1.54) is 7.11 Å². The molecule has 35 heavy (non-hydrogen) atoms. The van der Waals surface area contributed by atoms with Crippen LogP contribution < -0.4 is 14.8 Å². The summed E-state index contributed by atoms with van der Waals surface area (Å²) in [5.41, 5.74) is 3.67. The van der Waals surface area contributed by atoms with E-state index in [0.717, 1.165) is 41.4 Å². The van der Waals surface area contributed by atoms with E-state index in [1.54, 1.807) is 18.2 Å². The number of aryl methyl sites for hydroxylation is 2. The summed E-state index contributed by atoms with van der Waals surface area (Å²) < 4.78 is 16.5. The maximum absolute atomic E-state index is 12.8. The molecule has 0 bridgehead atoms. The van der Waals surface area contributed by atoms with Crippen LogP contribution in [0.1, 0.15) is 32.9 Å². The number of ether oxygens (including phenoxy) is 2. The first-order chi connectivity index (χ1) is 16.9. The lowest BCUT2D eigenvalue weighted by Crippen LogP contribution is -2.38. The molecule has 2 amide bonds. The van der Waals surface area contributed by atoms with Gasteiger partial charge < -0.3 is 24.2 Å². The number of anilines is 1. The molecule has 4 rings (SSSR count). The number of nitrogens with zero attached hydrogens (tertiary/aromatic N) is 2. The Hall–Kier alpha value is -3.46. The fourth-order valence-corrected chi connectivity index (χ4v) is 4.70.